The van der Waals surface area contributed by atoms with Crippen LogP contribution < -0.4 is 5.32 Å². The Bertz CT molecular complexity index is 745. The lowest BCUT2D eigenvalue weighted by atomic mass is 10.0. The SMILES string of the molecule is Cl.O=C(CSC(c1ccccc1)c1ccc(Cl)cc1)N1C[C@H]2CNC[C@H]2C1. The molecule has 3 atom stereocenters. The molecule has 2 saturated heterocycles. The van der Waals surface area contributed by atoms with Crippen molar-refractivity contribution in [3.63, 3.8) is 0 Å². The number of carbonyl (C=O) groups is 1. The number of amides is 1. The minimum absolute atomic E-state index is 0. The standard InChI is InChI=1S/C21H23ClN2OS.ClH/c22-19-8-6-16(7-9-19)21(15-4-2-1-3-5-15)26-14-20(25)24-12-17-10-23-11-18(17)13-24;/h1-9,17-18,21,23H,10-14H2;1H/t17-,18+,21?;. The van der Waals surface area contributed by atoms with Crippen LogP contribution in [0.2, 0.25) is 5.02 Å². The number of halogens is 2. The van der Waals surface area contributed by atoms with Crippen LogP contribution in [0.15, 0.2) is 54.6 Å². The Balaban J connectivity index is 0.00000210. The lowest BCUT2D eigenvalue weighted by molar-refractivity contribution is -0.127. The molecule has 6 heteroatoms. The van der Waals surface area contributed by atoms with Crippen molar-refractivity contribution in [2.75, 3.05) is 31.9 Å². The Labute approximate surface area is 176 Å². The van der Waals surface area contributed by atoms with Gasteiger partial charge in [-0.25, -0.2) is 0 Å². The lowest BCUT2D eigenvalue weighted by Crippen LogP contribution is -2.33. The van der Waals surface area contributed by atoms with Gasteiger partial charge in [0.1, 0.15) is 0 Å². The third-order valence-corrected chi connectivity index (χ3v) is 6.93. The van der Waals surface area contributed by atoms with E-state index in [1.165, 1.54) is 11.1 Å². The van der Waals surface area contributed by atoms with Crippen LogP contribution in [0.25, 0.3) is 0 Å². The summed E-state index contributed by atoms with van der Waals surface area (Å²) in [6, 6.07) is 18.3. The lowest BCUT2D eigenvalue weighted by Gasteiger charge is -2.21. The van der Waals surface area contributed by atoms with Crippen LogP contribution >= 0.6 is 35.8 Å². The molecule has 2 fully saturated rings. The molecule has 0 bridgehead atoms. The summed E-state index contributed by atoms with van der Waals surface area (Å²) >= 11 is 7.76. The summed E-state index contributed by atoms with van der Waals surface area (Å²) < 4.78 is 0. The molecular weight excluding hydrogens is 399 g/mol. The van der Waals surface area contributed by atoms with Gasteiger partial charge in [-0.2, -0.15) is 0 Å². The highest BCUT2D eigenvalue weighted by Gasteiger charge is 2.38. The van der Waals surface area contributed by atoms with E-state index in [4.69, 9.17) is 11.6 Å². The van der Waals surface area contributed by atoms with Crippen molar-refractivity contribution in [3.8, 4) is 0 Å². The Morgan fingerprint density at radius 3 is 2.26 bits per heavy atom. The predicted octanol–water partition coefficient (Wildman–Crippen LogP) is 4.26. The molecule has 2 aromatic rings. The number of nitrogens with zero attached hydrogens (tertiary/aromatic N) is 1. The highest BCUT2D eigenvalue weighted by Crippen LogP contribution is 2.36. The van der Waals surface area contributed by atoms with E-state index in [2.05, 4.69) is 46.6 Å². The van der Waals surface area contributed by atoms with Gasteiger partial charge in [-0.3, -0.25) is 4.79 Å². The van der Waals surface area contributed by atoms with E-state index >= 15 is 0 Å². The average molecular weight is 423 g/mol. The molecule has 144 valence electrons. The zero-order chi connectivity index (χ0) is 17.9. The molecule has 0 aromatic heterocycles. The zero-order valence-corrected chi connectivity index (χ0v) is 17.4. The van der Waals surface area contributed by atoms with Gasteiger partial charge in [0.25, 0.3) is 0 Å². The molecule has 0 spiro atoms. The fourth-order valence-corrected chi connectivity index (χ4v) is 5.27. The topological polar surface area (TPSA) is 32.3 Å². The normalized spacial score (nSPS) is 22.2. The van der Waals surface area contributed by atoms with Crippen LogP contribution in [-0.4, -0.2) is 42.7 Å². The monoisotopic (exact) mass is 422 g/mol. The van der Waals surface area contributed by atoms with E-state index in [0.29, 0.717) is 17.6 Å². The third kappa shape index (κ3) is 4.80. The second kappa shape index (κ2) is 9.33. The molecule has 2 heterocycles. The van der Waals surface area contributed by atoms with Crippen molar-refractivity contribution in [2.45, 2.75) is 5.25 Å². The maximum absolute atomic E-state index is 12.8. The average Bonchev–Trinajstić information content (AvgIpc) is 3.26. The third-order valence-electron chi connectivity index (χ3n) is 5.39. The van der Waals surface area contributed by atoms with Gasteiger partial charge in [-0.15, -0.1) is 24.2 Å². The molecule has 2 aromatic carbocycles. The summed E-state index contributed by atoms with van der Waals surface area (Å²) in [4.78, 5) is 14.8. The Morgan fingerprint density at radius 1 is 1.04 bits per heavy atom. The van der Waals surface area contributed by atoms with Gasteiger partial charge in [0.05, 0.1) is 11.0 Å². The molecule has 4 rings (SSSR count). The summed E-state index contributed by atoms with van der Waals surface area (Å²) in [6.45, 7) is 3.93. The molecule has 0 aliphatic carbocycles. The van der Waals surface area contributed by atoms with Crippen molar-refractivity contribution in [3.05, 3.63) is 70.7 Å². The molecule has 1 unspecified atom stereocenters. The molecule has 1 amide bonds. The van der Waals surface area contributed by atoms with Crippen LogP contribution in [-0.2, 0) is 4.79 Å². The van der Waals surface area contributed by atoms with Crippen LogP contribution in [0.1, 0.15) is 16.4 Å². The number of hydrogen-bond acceptors (Lipinski definition) is 3. The molecule has 2 aliphatic rings. The number of rotatable bonds is 5. The van der Waals surface area contributed by atoms with Crippen LogP contribution in [0.5, 0.6) is 0 Å². The summed E-state index contributed by atoms with van der Waals surface area (Å²) in [6.07, 6.45) is 0. The van der Waals surface area contributed by atoms with Crippen molar-refractivity contribution in [1.82, 2.24) is 10.2 Å². The molecule has 1 N–H and O–H groups in total. The first-order valence-electron chi connectivity index (χ1n) is 9.11. The van der Waals surface area contributed by atoms with Crippen LogP contribution in [0, 0.1) is 11.8 Å². The number of hydrogen-bond donors (Lipinski definition) is 1. The van der Waals surface area contributed by atoms with E-state index in [9.17, 15) is 4.79 Å². The van der Waals surface area contributed by atoms with Crippen LogP contribution in [0.4, 0.5) is 0 Å². The van der Waals surface area contributed by atoms with Gasteiger partial charge < -0.3 is 10.2 Å². The highest BCUT2D eigenvalue weighted by atomic mass is 35.5. The fourth-order valence-electron chi connectivity index (χ4n) is 3.96. The summed E-state index contributed by atoms with van der Waals surface area (Å²) in [7, 11) is 0. The number of nitrogens with one attached hydrogen (secondary N) is 1. The quantitative estimate of drug-likeness (QED) is 0.780. The number of benzene rings is 2. The maximum Gasteiger partial charge on any atom is 0.232 e. The van der Waals surface area contributed by atoms with Gasteiger partial charge in [0.15, 0.2) is 0 Å². The zero-order valence-electron chi connectivity index (χ0n) is 15.0. The molecule has 0 saturated carbocycles. The van der Waals surface area contributed by atoms with Crippen LogP contribution in [0.3, 0.4) is 0 Å². The second-order valence-corrected chi connectivity index (χ2v) is 8.66. The predicted molar refractivity (Wildman–Crippen MR) is 116 cm³/mol. The van der Waals surface area contributed by atoms with E-state index in [0.717, 1.165) is 31.2 Å². The van der Waals surface area contributed by atoms with Gasteiger partial charge in [0.2, 0.25) is 5.91 Å². The molecule has 3 nitrogen and oxygen atoms in total. The van der Waals surface area contributed by atoms with E-state index in [1.54, 1.807) is 11.8 Å². The first-order valence-corrected chi connectivity index (χ1v) is 10.5. The largest absolute Gasteiger partial charge is 0.341 e. The van der Waals surface area contributed by atoms with Crippen molar-refractivity contribution < 1.29 is 4.79 Å². The Hall–Kier alpha value is -1.20. The van der Waals surface area contributed by atoms with Gasteiger partial charge in [0, 0.05) is 31.2 Å². The van der Waals surface area contributed by atoms with E-state index in [1.807, 2.05) is 18.2 Å². The summed E-state index contributed by atoms with van der Waals surface area (Å²) in [5, 5.41) is 4.30. The fraction of sp³-hybridized carbons (Fsp3) is 0.381. The van der Waals surface area contributed by atoms with E-state index in [-0.39, 0.29) is 23.6 Å². The minimum atomic E-state index is 0. The van der Waals surface area contributed by atoms with Crippen molar-refractivity contribution in [1.29, 1.82) is 0 Å². The van der Waals surface area contributed by atoms with Gasteiger partial charge >= 0.3 is 0 Å². The second-order valence-electron chi connectivity index (χ2n) is 7.13. The Kier molecular flexibility index (Phi) is 7.10. The maximum atomic E-state index is 12.8. The first kappa shape index (κ1) is 20.5. The van der Waals surface area contributed by atoms with Gasteiger partial charge in [-0.1, -0.05) is 54.1 Å². The summed E-state index contributed by atoms with van der Waals surface area (Å²) in [5.41, 5.74) is 2.40. The molecular formula is C21H24Cl2N2OS. The Morgan fingerprint density at radius 2 is 1.63 bits per heavy atom. The molecule has 2 aliphatic heterocycles. The molecule has 0 radical (unpaired) electrons. The number of likely N-dealkylation sites (tertiary alicyclic amines) is 1. The molecule has 27 heavy (non-hydrogen) atoms. The van der Waals surface area contributed by atoms with Crippen molar-refractivity contribution in [2.24, 2.45) is 11.8 Å². The first-order chi connectivity index (χ1) is 12.7. The van der Waals surface area contributed by atoms with Gasteiger partial charge in [-0.05, 0) is 35.1 Å². The van der Waals surface area contributed by atoms with E-state index < -0.39 is 0 Å². The minimum Gasteiger partial charge on any atom is -0.341 e. The smallest absolute Gasteiger partial charge is 0.232 e. The van der Waals surface area contributed by atoms with Crippen molar-refractivity contribution >= 4 is 41.7 Å². The number of carbonyl (C=O) groups excluding carboxylic acids is 1. The summed E-state index contributed by atoms with van der Waals surface area (Å²) in [5.74, 6) is 2.06. The number of thioether (sulfide) groups is 1. The highest BCUT2D eigenvalue weighted by molar-refractivity contribution is 8.00. The number of fused-ring (bicyclic) bond motifs is 1.